The Morgan fingerprint density at radius 1 is 1.10 bits per heavy atom. The monoisotopic (exact) mass is 388 g/mol. The highest BCUT2D eigenvalue weighted by Crippen LogP contribution is 2.56. The zero-order valence-corrected chi connectivity index (χ0v) is 18.1. The van der Waals surface area contributed by atoms with Crippen LogP contribution in [0.4, 0.5) is 0 Å². The second-order valence-corrected chi connectivity index (χ2v) is 9.71. The van der Waals surface area contributed by atoms with E-state index in [2.05, 4.69) is 58.0 Å². The molecule has 0 unspecified atom stereocenters. The molecule has 3 atom stereocenters. The van der Waals surface area contributed by atoms with E-state index < -0.39 is 0 Å². The first-order chi connectivity index (χ1) is 13.8. The average Bonchev–Trinajstić information content (AvgIpc) is 2.72. The predicted octanol–water partition coefficient (Wildman–Crippen LogP) is 6.76. The lowest BCUT2D eigenvalue weighted by atomic mass is 9.52. The third-order valence-electron chi connectivity index (χ3n) is 7.25. The minimum absolute atomic E-state index is 0.0532. The second-order valence-electron chi connectivity index (χ2n) is 9.71. The van der Waals surface area contributed by atoms with Crippen LogP contribution in [-0.4, -0.2) is 12.6 Å². The quantitative estimate of drug-likeness (QED) is 0.541. The normalized spacial score (nSPS) is 28.0. The minimum Gasteiger partial charge on any atom is -0.461 e. The molecular weight excluding hydrogens is 356 g/mol. The number of esters is 1. The zero-order chi connectivity index (χ0) is 20.6. The maximum absolute atomic E-state index is 12.5. The molecule has 2 heteroatoms. The van der Waals surface area contributed by atoms with Crippen LogP contribution < -0.4 is 0 Å². The van der Waals surface area contributed by atoms with Gasteiger partial charge < -0.3 is 4.74 Å². The fourth-order valence-corrected chi connectivity index (χ4v) is 5.53. The fourth-order valence-electron chi connectivity index (χ4n) is 5.53. The summed E-state index contributed by atoms with van der Waals surface area (Å²) in [6.45, 7) is 9.66. The molecular formula is C27H32O2. The van der Waals surface area contributed by atoms with Gasteiger partial charge in [-0.1, -0.05) is 82.7 Å². The minimum atomic E-state index is -0.221. The van der Waals surface area contributed by atoms with Gasteiger partial charge in [-0.15, -0.1) is 0 Å². The van der Waals surface area contributed by atoms with E-state index in [-0.39, 0.29) is 16.8 Å². The number of rotatable bonds is 4. The zero-order valence-electron chi connectivity index (χ0n) is 18.1. The molecule has 2 aliphatic carbocycles. The van der Waals surface area contributed by atoms with Crippen LogP contribution in [0.1, 0.15) is 79.9 Å². The van der Waals surface area contributed by atoms with Crippen molar-refractivity contribution in [1.29, 1.82) is 0 Å². The Morgan fingerprint density at radius 3 is 2.59 bits per heavy atom. The number of hydrogen-bond acceptors (Lipinski definition) is 2. The number of carbonyl (C=O) groups excluding carboxylic acids is 1. The van der Waals surface area contributed by atoms with Gasteiger partial charge in [0.1, 0.15) is 0 Å². The van der Waals surface area contributed by atoms with E-state index in [0.717, 1.165) is 12.8 Å². The number of allylic oxidation sites excluding steroid dienone is 1. The van der Waals surface area contributed by atoms with Crippen molar-refractivity contribution in [2.45, 2.75) is 58.3 Å². The van der Waals surface area contributed by atoms with Crippen LogP contribution in [-0.2, 0) is 10.2 Å². The molecule has 29 heavy (non-hydrogen) atoms. The van der Waals surface area contributed by atoms with Crippen LogP contribution in [0.3, 0.4) is 0 Å². The van der Waals surface area contributed by atoms with E-state index in [1.165, 1.54) is 23.1 Å². The Labute approximate surface area is 175 Å². The highest BCUT2D eigenvalue weighted by molar-refractivity contribution is 5.89. The van der Waals surface area contributed by atoms with Crippen molar-refractivity contribution < 1.29 is 9.53 Å². The number of carbonyl (C=O) groups is 1. The van der Waals surface area contributed by atoms with Crippen LogP contribution in [0.25, 0.3) is 6.08 Å². The number of benzene rings is 2. The molecule has 0 saturated heterocycles. The van der Waals surface area contributed by atoms with Gasteiger partial charge in [-0.3, -0.25) is 0 Å². The maximum atomic E-state index is 12.5. The Bertz CT molecular complexity index is 927. The smallest absolute Gasteiger partial charge is 0.338 e. The van der Waals surface area contributed by atoms with E-state index in [0.29, 0.717) is 24.0 Å². The maximum Gasteiger partial charge on any atom is 0.338 e. The molecule has 2 aromatic carbocycles. The third kappa shape index (κ3) is 3.54. The first kappa shape index (κ1) is 19.9. The lowest BCUT2D eigenvalue weighted by Crippen LogP contribution is -2.49. The lowest BCUT2D eigenvalue weighted by Gasteiger charge is -2.53. The van der Waals surface area contributed by atoms with E-state index in [1.807, 2.05) is 30.3 Å². The Balaban J connectivity index is 1.59. The summed E-state index contributed by atoms with van der Waals surface area (Å²) in [7, 11) is 0. The lowest BCUT2D eigenvalue weighted by molar-refractivity contribution is -0.00989. The van der Waals surface area contributed by atoms with Gasteiger partial charge in [0.2, 0.25) is 0 Å². The first-order valence-corrected chi connectivity index (χ1v) is 10.9. The Kier molecular flexibility index (Phi) is 5.14. The highest BCUT2D eigenvalue weighted by atomic mass is 16.5. The molecule has 0 bridgehead atoms. The van der Waals surface area contributed by atoms with E-state index in [9.17, 15) is 4.79 Å². The van der Waals surface area contributed by atoms with E-state index in [4.69, 9.17) is 4.74 Å². The second kappa shape index (κ2) is 7.48. The SMILES string of the molecule is CC(C)c1ccc2c(c1)C=C[C@@H]1[C@](C)(COC(=O)c3ccccc3)CCC[C@@]21C. The van der Waals surface area contributed by atoms with Crippen molar-refractivity contribution in [2.75, 3.05) is 6.61 Å². The molecule has 0 spiro atoms. The number of hydrogen-bond donors (Lipinski definition) is 0. The largest absolute Gasteiger partial charge is 0.461 e. The summed E-state index contributed by atoms with van der Waals surface area (Å²) in [4.78, 5) is 12.5. The van der Waals surface area contributed by atoms with Gasteiger partial charge in [0.25, 0.3) is 0 Å². The Morgan fingerprint density at radius 2 is 1.86 bits per heavy atom. The van der Waals surface area contributed by atoms with E-state index >= 15 is 0 Å². The van der Waals surface area contributed by atoms with Crippen LogP contribution in [0, 0.1) is 11.3 Å². The van der Waals surface area contributed by atoms with Gasteiger partial charge in [-0.2, -0.15) is 0 Å². The topological polar surface area (TPSA) is 26.3 Å². The standard InChI is InChI=1S/C27H32O2/c1-19(2)21-11-13-23-22(17-21)12-14-24-26(3,15-8-16-27(23,24)4)18-29-25(28)20-9-6-5-7-10-20/h5-7,9-14,17,19,24H,8,15-16,18H2,1-4H3/t24-,26+,27+/m1/s1. The van der Waals surface area contributed by atoms with Gasteiger partial charge in [0.05, 0.1) is 12.2 Å². The van der Waals surface area contributed by atoms with Crippen molar-refractivity contribution in [1.82, 2.24) is 0 Å². The molecule has 0 amide bonds. The van der Waals surface area contributed by atoms with Crippen molar-refractivity contribution in [2.24, 2.45) is 11.3 Å². The summed E-state index contributed by atoms with van der Waals surface area (Å²) in [5.41, 5.74) is 4.87. The summed E-state index contributed by atoms with van der Waals surface area (Å²) < 4.78 is 5.83. The molecule has 2 aliphatic rings. The van der Waals surface area contributed by atoms with Gasteiger partial charge >= 0.3 is 5.97 Å². The molecule has 1 fully saturated rings. The van der Waals surface area contributed by atoms with E-state index in [1.54, 1.807) is 0 Å². The van der Waals surface area contributed by atoms with Crippen LogP contribution in [0.5, 0.6) is 0 Å². The molecule has 4 rings (SSSR count). The molecule has 0 aliphatic heterocycles. The van der Waals surface area contributed by atoms with Gasteiger partial charge in [0, 0.05) is 5.41 Å². The fraction of sp³-hybridized carbons (Fsp3) is 0.444. The molecule has 1 saturated carbocycles. The van der Waals surface area contributed by atoms with Crippen molar-refractivity contribution in [3.63, 3.8) is 0 Å². The molecule has 0 heterocycles. The number of fused-ring (bicyclic) bond motifs is 3. The summed E-state index contributed by atoms with van der Waals surface area (Å²) >= 11 is 0. The summed E-state index contributed by atoms with van der Waals surface area (Å²) in [6.07, 6.45) is 8.11. The highest BCUT2D eigenvalue weighted by Gasteiger charge is 2.50. The molecule has 152 valence electrons. The van der Waals surface area contributed by atoms with Gasteiger partial charge in [-0.25, -0.2) is 4.79 Å². The van der Waals surface area contributed by atoms with Crippen LogP contribution in [0.15, 0.2) is 54.6 Å². The molecule has 0 radical (unpaired) electrons. The average molecular weight is 389 g/mol. The third-order valence-corrected chi connectivity index (χ3v) is 7.25. The molecule has 2 aromatic rings. The molecule has 0 N–H and O–H groups in total. The van der Waals surface area contributed by atoms with Crippen molar-refractivity contribution in [3.8, 4) is 0 Å². The number of ether oxygens (including phenoxy) is 1. The predicted molar refractivity (Wildman–Crippen MR) is 119 cm³/mol. The van der Waals surface area contributed by atoms with Crippen LogP contribution in [0.2, 0.25) is 0 Å². The van der Waals surface area contributed by atoms with Crippen molar-refractivity contribution in [3.05, 3.63) is 76.9 Å². The first-order valence-electron chi connectivity index (χ1n) is 10.9. The summed E-state index contributed by atoms with van der Waals surface area (Å²) in [5.74, 6) is 0.679. The van der Waals surface area contributed by atoms with Crippen LogP contribution >= 0.6 is 0 Å². The molecule has 0 aromatic heterocycles. The van der Waals surface area contributed by atoms with Gasteiger partial charge in [-0.05, 0) is 58.9 Å². The molecule has 2 nitrogen and oxygen atoms in total. The summed E-state index contributed by atoms with van der Waals surface area (Å²) in [6, 6.07) is 16.3. The Hall–Kier alpha value is -2.35. The summed E-state index contributed by atoms with van der Waals surface area (Å²) in [5, 5.41) is 0. The van der Waals surface area contributed by atoms with Gasteiger partial charge in [0.15, 0.2) is 0 Å². The van der Waals surface area contributed by atoms with Crippen molar-refractivity contribution >= 4 is 12.0 Å².